The highest BCUT2D eigenvalue weighted by Crippen LogP contribution is 2.32. The second-order valence-electron chi connectivity index (χ2n) is 3.82. The van der Waals surface area contributed by atoms with Gasteiger partial charge in [-0.15, -0.1) is 11.3 Å². The minimum atomic E-state index is 0.0850. The summed E-state index contributed by atoms with van der Waals surface area (Å²) in [7, 11) is 0. The molecule has 1 aliphatic rings. The largest absolute Gasteiger partial charge is 0.487 e. The molecule has 80 valence electrons. The van der Waals surface area contributed by atoms with Crippen molar-refractivity contribution in [3.63, 3.8) is 0 Å². The van der Waals surface area contributed by atoms with Gasteiger partial charge in [0, 0.05) is 5.56 Å². The number of aryl methyl sites for hydroxylation is 1. The van der Waals surface area contributed by atoms with Crippen molar-refractivity contribution in [1.29, 1.82) is 0 Å². The van der Waals surface area contributed by atoms with E-state index in [0.717, 1.165) is 16.0 Å². The third kappa shape index (κ3) is 1.28. The molecule has 0 N–H and O–H groups in total. The maximum absolute atomic E-state index is 12.3. The van der Waals surface area contributed by atoms with Crippen LogP contribution in [0.25, 0.3) is 0 Å². The van der Waals surface area contributed by atoms with Gasteiger partial charge in [0.25, 0.3) is 0 Å². The lowest BCUT2D eigenvalue weighted by Gasteiger charge is -2.07. The number of hydrogen-bond donors (Lipinski definition) is 0. The van der Waals surface area contributed by atoms with Crippen molar-refractivity contribution in [2.45, 2.75) is 13.5 Å². The summed E-state index contributed by atoms with van der Waals surface area (Å²) in [6.45, 7) is 2.44. The second-order valence-corrected chi connectivity index (χ2v) is 4.82. The predicted octanol–water partition coefficient (Wildman–Crippen LogP) is 3.18. The van der Waals surface area contributed by atoms with Gasteiger partial charge in [0.15, 0.2) is 5.78 Å². The third-order valence-electron chi connectivity index (χ3n) is 2.81. The Bertz CT molecular complexity index is 569. The maximum Gasteiger partial charge on any atom is 0.198 e. The number of carbonyl (C=O) groups is 1. The van der Waals surface area contributed by atoms with Gasteiger partial charge in [0.1, 0.15) is 12.4 Å². The molecule has 3 heteroatoms. The number of carbonyl (C=O) groups excluding carboxylic acids is 1. The Kier molecular flexibility index (Phi) is 2.07. The summed E-state index contributed by atoms with van der Waals surface area (Å²) in [5, 5.41) is 1.94. The first-order valence-corrected chi connectivity index (χ1v) is 5.99. The number of ketones is 1. The van der Waals surface area contributed by atoms with Crippen LogP contribution in [0.1, 0.15) is 26.4 Å². The minimum Gasteiger partial charge on any atom is -0.487 e. The van der Waals surface area contributed by atoms with Crippen LogP contribution in [0.5, 0.6) is 5.75 Å². The van der Waals surface area contributed by atoms with Gasteiger partial charge < -0.3 is 4.74 Å². The molecule has 1 aromatic carbocycles. The summed E-state index contributed by atoms with van der Waals surface area (Å²) >= 11 is 1.57. The first kappa shape index (κ1) is 9.60. The third-order valence-corrected chi connectivity index (χ3v) is 3.70. The molecule has 0 spiro atoms. The van der Waals surface area contributed by atoms with E-state index in [4.69, 9.17) is 4.74 Å². The molecule has 0 radical (unpaired) electrons. The van der Waals surface area contributed by atoms with Gasteiger partial charge in [-0.2, -0.15) is 0 Å². The lowest BCUT2D eigenvalue weighted by molar-refractivity contribution is 0.103. The fourth-order valence-electron chi connectivity index (χ4n) is 1.98. The molecule has 1 aliphatic heterocycles. The Balaban J connectivity index is 2.26. The van der Waals surface area contributed by atoms with Crippen LogP contribution in [0.3, 0.4) is 0 Å². The normalized spacial score (nSPS) is 13.7. The van der Waals surface area contributed by atoms with Crippen molar-refractivity contribution in [1.82, 2.24) is 0 Å². The molecule has 2 nitrogen and oxygen atoms in total. The number of hydrogen-bond acceptors (Lipinski definition) is 3. The fourth-order valence-corrected chi connectivity index (χ4v) is 2.77. The molecule has 0 atom stereocenters. The molecule has 0 unspecified atom stereocenters. The van der Waals surface area contributed by atoms with E-state index in [-0.39, 0.29) is 5.78 Å². The Hall–Kier alpha value is -1.61. The lowest BCUT2D eigenvalue weighted by atomic mass is 9.99. The van der Waals surface area contributed by atoms with E-state index in [2.05, 4.69) is 0 Å². The van der Waals surface area contributed by atoms with Crippen molar-refractivity contribution >= 4 is 17.1 Å². The van der Waals surface area contributed by atoms with E-state index in [9.17, 15) is 4.79 Å². The summed E-state index contributed by atoms with van der Waals surface area (Å²) in [4.78, 5) is 13.4. The zero-order valence-corrected chi connectivity index (χ0v) is 9.64. The zero-order valence-electron chi connectivity index (χ0n) is 8.82. The van der Waals surface area contributed by atoms with Gasteiger partial charge >= 0.3 is 0 Å². The first-order chi connectivity index (χ1) is 7.77. The van der Waals surface area contributed by atoms with E-state index in [1.54, 1.807) is 11.3 Å². The van der Waals surface area contributed by atoms with Crippen LogP contribution >= 0.6 is 11.3 Å². The molecule has 0 bridgehead atoms. The van der Waals surface area contributed by atoms with Gasteiger partial charge in [-0.05, 0) is 30.0 Å². The van der Waals surface area contributed by atoms with Crippen molar-refractivity contribution < 1.29 is 9.53 Å². The van der Waals surface area contributed by atoms with E-state index >= 15 is 0 Å². The number of ether oxygens (including phenoxy) is 1. The van der Waals surface area contributed by atoms with Crippen LogP contribution in [-0.2, 0) is 6.61 Å². The summed E-state index contributed by atoms with van der Waals surface area (Å²) < 4.78 is 5.67. The summed E-state index contributed by atoms with van der Waals surface area (Å²) in [5.74, 6) is 0.787. The highest BCUT2D eigenvalue weighted by atomic mass is 32.1. The van der Waals surface area contributed by atoms with Crippen LogP contribution in [0.2, 0.25) is 0 Å². The second kappa shape index (κ2) is 3.46. The number of benzene rings is 1. The number of fused-ring (bicyclic) bond motifs is 2. The topological polar surface area (TPSA) is 26.3 Å². The molecule has 16 heavy (non-hydrogen) atoms. The molecule has 1 aromatic heterocycles. The summed E-state index contributed by atoms with van der Waals surface area (Å²) in [6.07, 6.45) is 0. The predicted molar refractivity (Wildman–Crippen MR) is 63.3 cm³/mol. The van der Waals surface area contributed by atoms with Crippen molar-refractivity contribution in [2.75, 3.05) is 0 Å². The molecule has 0 amide bonds. The quantitative estimate of drug-likeness (QED) is 0.694. The zero-order chi connectivity index (χ0) is 11.1. The smallest absolute Gasteiger partial charge is 0.198 e. The highest BCUT2D eigenvalue weighted by Gasteiger charge is 2.24. The van der Waals surface area contributed by atoms with Gasteiger partial charge in [-0.3, -0.25) is 4.79 Å². The van der Waals surface area contributed by atoms with Gasteiger partial charge in [-0.25, -0.2) is 0 Å². The maximum atomic E-state index is 12.3. The standard InChI is InChI=1S/C13H10O2S/c1-8-3-2-4-10-12(8)13(14)9-5-6-16-11(9)7-15-10/h2-6H,7H2,1H3. The molecule has 0 saturated carbocycles. The molecular formula is C13H10O2S. The molecule has 0 fully saturated rings. The Labute approximate surface area is 97.5 Å². The number of thiophene rings is 1. The SMILES string of the molecule is Cc1cccc2c1C(=O)c1ccsc1CO2. The Morgan fingerprint density at radius 3 is 3.06 bits per heavy atom. The summed E-state index contributed by atoms with van der Waals surface area (Å²) in [5.41, 5.74) is 2.47. The minimum absolute atomic E-state index is 0.0850. The van der Waals surface area contributed by atoms with Gasteiger partial charge in [0.05, 0.1) is 10.4 Å². The van der Waals surface area contributed by atoms with Crippen molar-refractivity contribution in [3.8, 4) is 5.75 Å². The van der Waals surface area contributed by atoms with E-state index in [0.29, 0.717) is 17.9 Å². The molecule has 3 rings (SSSR count). The van der Waals surface area contributed by atoms with Gasteiger partial charge in [0.2, 0.25) is 0 Å². The van der Waals surface area contributed by atoms with E-state index in [1.807, 2.05) is 36.6 Å². The lowest BCUT2D eigenvalue weighted by Crippen LogP contribution is -2.02. The molecule has 2 aromatic rings. The molecular weight excluding hydrogens is 220 g/mol. The highest BCUT2D eigenvalue weighted by molar-refractivity contribution is 7.10. The van der Waals surface area contributed by atoms with Crippen LogP contribution in [0, 0.1) is 6.92 Å². The van der Waals surface area contributed by atoms with E-state index < -0.39 is 0 Å². The van der Waals surface area contributed by atoms with Crippen LogP contribution in [0.4, 0.5) is 0 Å². The molecule has 0 saturated heterocycles. The average molecular weight is 230 g/mol. The number of rotatable bonds is 0. The monoisotopic (exact) mass is 230 g/mol. The first-order valence-electron chi connectivity index (χ1n) is 5.11. The van der Waals surface area contributed by atoms with Gasteiger partial charge in [-0.1, -0.05) is 12.1 Å². The molecule has 0 aliphatic carbocycles. The van der Waals surface area contributed by atoms with Crippen molar-refractivity contribution in [3.05, 3.63) is 51.2 Å². The van der Waals surface area contributed by atoms with Crippen LogP contribution in [0.15, 0.2) is 29.6 Å². The van der Waals surface area contributed by atoms with Crippen LogP contribution < -0.4 is 4.74 Å². The Morgan fingerprint density at radius 1 is 1.31 bits per heavy atom. The van der Waals surface area contributed by atoms with Crippen LogP contribution in [-0.4, -0.2) is 5.78 Å². The summed E-state index contributed by atoms with van der Waals surface area (Å²) in [6, 6.07) is 7.60. The van der Waals surface area contributed by atoms with E-state index in [1.165, 1.54) is 0 Å². The Morgan fingerprint density at radius 2 is 2.19 bits per heavy atom. The van der Waals surface area contributed by atoms with Crippen molar-refractivity contribution in [2.24, 2.45) is 0 Å². The average Bonchev–Trinajstić information content (AvgIpc) is 2.69. The molecule has 2 heterocycles. The fraction of sp³-hybridized carbons (Fsp3) is 0.154.